The lowest BCUT2D eigenvalue weighted by molar-refractivity contribution is -0.146. The fourth-order valence-electron chi connectivity index (χ4n) is 0.923. The highest BCUT2D eigenvalue weighted by molar-refractivity contribution is 5.84. The van der Waals surface area contributed by atoms with Crippen LogP contribution >= 0.6 is 0 Å². The van der Waals surface area contributed by atoms with Gasteiger partial charge in [-0.05, 0) is 6.42 Å². The minimum atomic E-state index is -0.676. The fraction of sp³-hybridized carbons (Fsp3) is 0.667. The van der Waals surface area contributed by atoms with Crippen LogP contribution < -0.4 is 0 Å². The topological polar surface area (TPSA) is 70.4 Å². The van der Waals surface area contributed by atoms with Gasteiger partial charge in [-0.3, -0.25) is 9.59 Å². The van der Waals surface area contributed by atoms with E-state index >= 15 is 0 Å². The molecule has 0 radical (unpaired) electrons. The van der Waals surface area contributed by atoms with Gasteiger partial charge in [0, 0.05) is 7.05 Å². The molecule has 0 aromatic carbocycles. The van der Waals surface area contributed by atoms with Gasteiger partial charge in [-0.15, -0.1) is 0 Å². The molecule has 1 amide bonds. The van der Waals surface area contributed by atoms with E-state index in [1.54, 1.807) is 6.92 Å². The van der Waals surface area contributed by atoms with Gasteiger partial charge in [0.15, 0.2) is 0 Å². The number of esters is 1. The van der Waals surface area contributed by atoms with Gasteiger partial charge in [0.2, 0.25) is 5.91 Å². The molecule has 0 aliphatic heterocycles. The molecule has 5 nitrogen and oxygen atoms in total. The molecule has 0 N–H and O–H groups in total. The Morgan fingerprint density at radius 3 is 2.50 bits per heavy atom. The Hall–Kier alpha value is -1.57. The molecule has 1 unspecified atom stereocenters. The lowest BCUT2D eigenvalue weighted by atomic mass is 10.1. The van der Waals surface area contributed by atoms with Gasteiger partial charge in [-0.25, -0.2) is 0 Å². The molecule has 0 saturated heterocycles. The van der Waals surface area contributed by atoms with Gasteiger partial charge in [0.25, 0.3) is 0 Å². The standard InChI is InChI=1S/C9H14N2O3/c1-4-7(5-10)9(13)11(2)6-8(12)14-3/h7H,4,6H2,1-3H3. The van der Waals surface area contributed by atoms with Crippen molar-refractivity contribution in [1.82, 2.24) is 4.90 Å². The summed E-state index contributed by atoms with van der Waals surface area (Å²) in [4.78, 5) is 23.5. The van der Waals surface area contributed by atoms with Gasteiger partial charge in [-0.2, -0.15) is 5.26 Å². The first-order valence-corrected chi connectivity index (χ1v) is 4.28. The second-order valence-electron chi connectivity index (χ2n) is 2.86. The zero-order valence-corrected chi connectivity index (χ0v) is 8.61. The molecule has 0 bridgehead atoms. The molecule has 0 aliphatic rings. The quantitative estimate of drug-likeness (QED) is 0.603. The van der Waals surface area contributed by atoms with Crippen molar-refractivity contribution in [2.45, 2.75) is 13.3 Å². The van der Waals surface area contributed by atoms with E-state index in [4.69, 9.17) is 5.26 Å². The van der Waals surface area contributed by atoms with E-state index in [0.29, 0.717) is 6.42 Å². The largest absolute Gasteiger partial charge is 0.468 e. The van der Waals surface area contributed by atoms with Gasteiger partial charge < -0.3 is 9.64 Å². The van der Waals surface area contributed by atoms with E-state index in [1.807, 2.05) is 6.07 Å². The average molecular weight is 198 g/mol. The number of nitriles is 1. The van der Waals surface area contributed by atoms with Crippen molar-refractivity contribution >= 4 is 11.9 Å². The van der Waals surface area contributed by atoms with Crippen LogP contribution in [0.2, 0.25) is 0 Å². The molecule has 1 atom stereocenters. The van der Waals surface area contributed by atoms with Crippen LogP contribution in [0.5, 0.6) is 0 Å². The van der Waals surface area contributed by atoms with Crippen LogP contribution in [-0.4, -0.2) is 37.5 Å². The summed E-state index contributed by atoms with van der Waals surface area (Å²) >= 11 is 0. The van der Waals surface area contributed by atoms with Crippen molar-refractivity contribution in [3.8, 4) is 6.07 Å². The SMILES string of the molecule is CCC(C#N)C(=O)N(C)CC(=O)OC. The number of ether oxygens (including phenoxy) is 1. The molecule has 0 fully saturated rings. The van der Waals surface area contributed by atoms with Crippen LogP contribution in [0.15, 0.2) is 0 Å². The highest BCUT2D eigenvalue weighted by atomic mass is 16.5. The summed E-state index contributed by atoms with van der Waals surface area (Å²) in [7, 11) is 2.72. The first-order chi connectivity index (χ1) is 6.56. The van der Waals surface area contributed by atoms with Crippen LogP contribution in [0.1, 0.15) is 13.3 Å². The number of carbonyl (C=O) groups excluding carboxylic acids is 2. The Balaban J connectivity index is 4.25. The smallest absolute Gasteiger partial charge is 0.325 e. The maximum absolute atomic E-state index is 11.5. The molecule has 0 spiro atoms. The van der Waals surface area contributed by atoms with E-state index < -0.39 is 11.9 Å². The molecule has 0 saturated carbocycles. The molecule has 0 rings (SSSR count). The van der Waals surface area contributed by atoms with Crippen molar-refractivity contribution in [3.63, 3.8) is 0 Å². The van der Waals surface area contributed by atoms with Crippen LogP contribution in [0, 0.1) is 17.2 Å². The fourth-order valence-corrected chi connectivity index (χ4v) is 0.923. The summed E-state index contributed by atoms with van der Waals surface area (Å²) in [6.07, 6.45) is 0.445. The van der Waals surface area contributed by atoms with Crippen molar-refractivity contribution in [1.29, 1.82) is 5.26 Å². The van der Waals surface area contributed by atoms with E-state index in [9.17, 15) is 9.59 Å². The number of nitrogens with zero attached hydrogens (tertiary/aromatic N) is 2. The second kappa shape index (κ2) is 5.97. The molecule has 0 aromatic rings. The molecule has 0 aliphatic carbocycles. The third kappa shape index (κ3) is 3.44. The zero-order valence-electron chi connectivity index (χ0n) is 8.61. The zero-order chi connectivity index (χ0) is 11.1. The minimum absolute atomic E-state index is 0.118. The van der Waals surface area contributed by atoms with Crippen LogP contribution in [0.25, 0.3) is 0 Å². The Morgan fingerprint density at radius 1 is 1.57 bits per heavy atom. The minimum Gasteiger partial charge on any atom is -0.468 e. The maximum atomic E-state index is 11.5. The van der Waals surface area contributed by atoms with E-state index in [2.05, 4.69) is 4.74 Å². The highest BCUT2D eigenvalue weighted by Gasteiger charge is 2.21. The Labute approximate surface area is 83.2 Å². The molecule has 0 heterocycles. The molecule has 0 aromatic heterocycles. The molecule has 5 heteroatoms. The van der Waals surface area contributed by atoms with Gasteiger partial charge in [0.1, 0.15) is 12.5 Å². The summed E-state index contributed by atoms with van der Waals surface area (Å²) in [5.74, 6) is -1.52. The van der Waals surface area contributed by atoms with E-state index in [1.165, 1.54) is 19.1 Å². The Kier molecular flexibility index (Phi) is 5.30. The third-order valence-corrected chi connectivity index (χ3v) is 1.83. The molecular weight excluding hydrogens is 184 g/mol. The number of amides is 1. The van der Waals surface area contributed by atoms with E-state index in [-0.39, 0.29) is 12.5 Å². The number of methoxy groups -OCH3 is 1. The summed E-state index contributed by atoms with van der Waals surface area (Å²) in [5, 5.41) is 8.62. The number of hydrogen-bond acceptors (Lipinski definition) is 4. The summed E-state index contributed by atoms with van der Waals surface area (Å²) in [6, 6.07) is 1.88. The molecule has 78 valence electrons. The summed E-state index contributed by atoms with van der Waals surface area (Å²) < 4.78 is 4.40. The predicted molar refractivity (Wildman–Crippen MR) is 49.0 cm³/mol. The summed E-state index contributed by atoms with van der Waals surface area (Å²) in [5.41, 5.74) is 0. The van der Waals surface area contributed by atoms with Crippen molar-refractivity contribution in [2.75, 3.05) is 20.7 Å². The first kappa shape index (κ1) is 12.4. The highest BCUT2D eigenvalue weighted by Crippen LogP contribution is 2.04. The monoisotopic (exact) mass is 198 g/mol. The van der Waals surface area contributed by atoms with Gasteiger partial charge in [0.05, 0.1) is 13.2 Å². The van der Waals surface area contributed by atoms with Crippen molar-refractivity contribution in [2.24, 2.45) is 5.92 Å². The van der Waals surface area contributed by atoms with Crippen LogP contribution in [-0.2, 0) is 14.3 Å². The van der Waals surface area contributed by atoms with Gasteiger partial charge in [-0.1, -0.05) is 6.92 Å². The normalized spacial score (nSPS) is 11.3. The van der Waals surface area contributed by atoms with Crippen molar-refractivity contribution in [3.05, 3.63) is 0 Å². The second-order valence-corrected chi connectivity index (χ2v) is 2.86. The predicted octanol–water partition coefficient (Wildman–Crippen LogP) is 0.168. The molecular formula is C9H14N2O3. The number of carbonyl (C=O) groups is 2. The van der Waals surface area contributed by atoms with Crippen molar-refractivity contribution < 1.29 is 14.3 Å². The Morgan fingerprint density at radius 2 is 2.14 bits per heavy atom. The molecule has 14 heavy (non-hydrogen) atoms. The summed E-state index contributed by atoms with van der Waals surface area (Å²) in [6.45, 7) is 1.63. The maximum Gasteiger partial charge on any atom is 0.325 e. The lowest BCUT2D eigenvalue weighted by Gasteiger charge is -2.17. The number of likely N-dealkylation sites (N-methyl/N-ethyl adjacent to an activating group) is 1. The average Bonchev–Trinajstić information content (AvgIpc) is 2.19. The number of rotatable bonds is 4. The van der Waals surface area contributed by atoms with Gasteiger partial charge >= 0.3 is 5.97 Å². The van der Waals surface area contributed by atoms with Crippen LogP contribution in [0.3, 0.4) is 0 Å². The first-order valence-electron chi connectivity index (χ1n) is 4.28. The lowest BCUT2D eigenvalue weighted by Crippen LogP contribution is -2.36. The third-order valence-electron chi connectivity index (χ3n) is 1.83. The number of hydrogen-bond donors (Lipinski definition) is 0. The van der Waals surface area contributed by atoms with E-state index in [0.717, 1.165) is 0 Å². The van der Waals surface area contributed by atoms with Crippen LogP contribution in [0.4, 0.5) is 0 Å². The Bertz CT molecular complexity index is 257.